The maximum absolute atomic E-state index is 13.1. The first kappa shape index (κ1) is 16.1. The number of carbonyl (C=O) groups excluding carboxylic acids is 2. The van der Waals surface area contributed by atoms with Crippen LogP contribution in [-0.4, -0.2) is 40.0 Å². The lowest BCUT2D eigenvalue weighted by atomic mass is 9.40. The zero-order valence-corrected chi connectivity index (χ0v) is 14.8. The molecule has 0 spiro atoms. The number of ether oxygens (including phenoxy) is 1. The summed E-state index contributed by atoms with van der Waals surface area (Å²) in [6.07, 6.45) is 2.91. The molecule has 0 aromatic carbocycles. The van der Waals surface area contributed by atoms with E-state index in [2.05, 4.69) is 0 Å². The molecule has 0 amide bonds. The van der Waals surface area contributed by atoms with Crippen LogP contribution in [0.3, 0.4) is 0 Å². The van der Waals surface area contributed by atoms with Crippen molar-refractivity contribution in [1.29, 1.82) is 0 Å². The summed E-state index contributed by atoms with van der Waals surface area (Å²) in [5, 5.41) is 19.9. The van der Waals surface area contributed by atoms with E-state index in [0.717, 1.165) is 0 Å². The second-order valence-corrected chi connectivity index (χ2v) is 10.0. The van der Waals surface area contributed by atoms with Crippen LogP contribution in [0.25, 0.3) is 0 Å². The Morgan fingerprint density at radius 1 is 1.04 bits per heavy atom. The molecule has 7 aliphatic rings. The summed E-state index contributed by atoms with van der Waals surface area (Å²) in [6, 6.07) is 0. The van der Waals surface area contributed by atoms with Gasteiger partial charge in [-0.3, -0.25) is 19.2 Å². The van der Waals surface area contributed by atoms with Gasteiger partial charge in [0.1, 0.15) is 11.9 Å². The summed E-state index contributed by atoms with van der Waals surface area (Å²) < 4.78 is 5.49. The van der Waals surface area contributed by atoms with E-state index in [1.807, 2.05) is 0 Å². The fourth-order valence-corrected chi connectivity index (χ4v) is 8.78. The third-order valence-electron chi connectivity index (χ3n) is 9.23. The number of esters is 1. The van der Waals surface area contributed by atoms with Crippen LogP contribution in [0.5, 0.6) is 0 Å². The fourth-order valence-electron chi connectivity index (χ4n) is 8.78. The molecule has 10 unspecified atom stereocenters. The van der Waals surface area contributed by atoms with Crippen LogP contribution < -0.4 is 0 Å². The van der Waals surface area contributed by atoms with Crippen LogP contribution in [0.2, 0.25) is 0 Å². The summed E-state index contributed by atoms with van der Waals surface area (Å²) in [6.45, 7) is 0. The zero-order chi connectivity index (χ0) is 18.9. The molecule has 2 N–H and O–H groups in total. The maximum Gasteiger partial charge on any atom is 0.310 e. The van der Waals surface area contributed by atoms with E-state index in [0.29, 0.717) is 38.5 Å². The molecule has 27 heavy (non-hydrogen) atoms. The number of carboxylic acids is 2. The molecule has 0 radical (unpaired) electrons. The average molecular weight is 374 g/mol. The summed E-state index contributed by atoms with van der Waals surface area (Å²) >= 11 is 0. The highest BCUT2D eigenvalue weighted by Crippen LogP contribution is 2.74. The summed E-state index contributed by atoms with van der Waals surface area (Å²) in [7, 11) is 0. The van der Waals surface area contributed by atoms with E-state index >= 15 is 0 Å². The molecular weight excluding hydrogens is 352 g/mol. The van der Waals surface area contributed by atoms with Crippen molar-refractivity contribution in [2.24, 2.45) is 52.3 Å². The highest BCUT2D eigenvalue weighted by atomic mass is 16.6. The predicted octanol–water partition coefficient (Wildman–Crippen LogP) is 1.34. The molecule has 6 bridgehead atoms. The van der Waals surface area contributed by atoms with Crippen molar-refractivity contribution < 1.29 is 34.1 Å². The Kier molecular flexibility index (Phi) is 2.71. The first-order chi connectivity index (χ1) is 12.8. The number of carboxylic acid groups (broad SMARTS) is 2. The molecule has 144 valence electrons. The lowest BCUT2D eigenvalue weighted by molar-refractivity contribution is -0.190. The van der Waals surface area contributed by atoms with Gasteiger partial charge < -0.3 is 14.9 Å². The molecule has 7 rings (SSSR count). The Balaban J connectivity index is 1.46. The second-order valence-electron chi connectivity index (χ2n) is 10.0. The van der Waals surface area contributed by atoms with Crippen molar-refractivity contribution in [2.45, 2.75) is 44.6 Å². The van der Waals surface area contributed by atoms with Crippen LogP contribution in [0.15, 0.2) is 0 Å². The topological polar surface area (TPSA) is 118 Å². The van der Waals surface area contributed by atoms with Crippen molar-refractivity contribution in [1.82, 2.24) is 0 Å². The van der Waals surface area contributed by atoms with Gasteiger partial charge >= 0.3 is 17.9 Å². The fraction of sp³-hybridized carbons (Fsp3) is 0.800. The van der Waals surface area contributed by atoms with Crippen molar-refractivity contribution >= 4 is 23.7 Å². The minimum Gasteiger partial charge on any atom is -0.481 e. The molecule has 1 aliphatic heterocycles. The van der Waals surface area contributed by atoms with Gasteiger partial charge in [0, 0.05) is 17.8 Å². The maximum atomic E-state index is 13.1. The van der Waals surface area contributed by atoms with Gasteiger partial charge in [-0.2, -0.15) is 0 Å². The monoisotopic (exact) mass is 374 g/mol. The van der Waals surface area contributed by atoms with E-state index in [1.54, 1.807) is 0 Å². The molecule has 10 atom stereocenters. The predicted molar refractivity (Wildman–Crippen MR) is 87.2 cm³/mol. The van der Waals surface area contributed by atoms with E-state index in [-0.39, 0.29) is 41.5 Å². The van der Waals surface area contributed by atoms with Crippen LogP contribution in [0.4, 0.5) is 0 Å². The number of Topliss-reactive ketones (excluding diaryl/α,β-unsaturated/α-hetero) is 1. The van der Waals surface area contributed by atoms with Crippen LogP contribution >= 0.6 is 0 Å². The van der Waals surface area contributed by atoms with Crippen molar-refractivity contribution in [3.63, 3.8) is 0 Å². The number of aliphatic carboxylic acids is 2. The van der Waals surface area contributed by atoms with Gasteiger partial charge in [0.2, 0.25) is 0 Å². The lowest BCUT2D eigenvalue weighted by Crippen LogP contribution is -2.63. The van der Waals surface area contributed by atoms with Crippen molar-refractivity contribution in [3.8, 4) is 0 Å². The highest BCUT2D eigenvalue weighted by Gasteiger charge is 2.77. The van der Waals surface area contributed by atoms with Gasteiger partial charge in [0.25, 0.3) is 0 Å². The van der Waals surface area contributed by atoms with Gasteiger partial charge in [-0.1, -0.05) is 0 Å². The van der Waals surface area contributed by atoms with Gasteiger partial charge in [-0.25, -0.2) is 0 Å². The number of ketones is 1. The van der Waals surface area contributed by atoms with Crippen LogP contribution in [0.1, 0.15) is 38.5 Å². The average Bonchev–Trinajstić information content (AvgIpc) is 3.17. The first-order valence-electron chi connectivity index (χ1n) is 9.98. The number of rotatable bonds is 3. The van der Waals surface area contributed by atoms with Gasteiger partial charge in [0.15, 0.2) is 0 Å². The third kappa shape index (κ3) is 1.62. The molecule has 1 saturated heterocycles. The molecule has 7 nitrogen and oxygen atoms in total. The molecule has 0 aromatic rings. The standard InChI is InChI=1S/C20H22O7/c21-15-8-1-7-2-19(3-8,18(25)26)4-10(15)13(7)20-5-9-11(6-20)27-17(24)12(9)14(20)16(22)23/h7-14H,1-6H2,(H,22,23)(H,25,26). The van der Waals surface area contributed by atoms with Crippen LogP contribution in [-0.2, 0) is 23.9 Å². The minimum absolute atomic E-state index is 0.0562. The Labute approximate surface area is 155 Å². The van der Waals surface area contributed by atoms with Crippen LogP contribution in [0, 0.1) is 52.3 Å². The Hall–Kier alpha value is -1.92. The molecule has 7 heteroatoms. The SMILES string of the molecule is O=C1C2CC3CC(C(=O)O)(C2)CC1C3C12CC3OC(=O)C(C3C1)C2C(=O)O. The Bertz CT molecular complexity index is 815. The lowest BCUT2D eigenvalue weighted by Gasteiger charge is -2.61. The number of carbonyl (C=O) groups is 4. The Morgan fingerprint density at radius 2 is 1.81 bits per heavy atom. The zero-order valence-electron chi connectivity index (χ0n) is 14.8. The number of hydrogen-bond donors (Lipinski definition) is 2. The normalized spacial score (nSPS) is 56.6. The summed E-state index contributed by atoms with van der Waals surface area (Å²) in [5.74, 6) is -4.11. The van der Waals surface area contributed by atoms with E-state index < -0.39 is 40.6 Å². The molecule has 6 aliphatic carbocycles. The quantitative estimate of drug-likeness (QED) is 0.716. The highest BCUT2D eigenvalue weighted by molar-refractivity contribution is 5.90. The summed E-state index contributed by atoms with van der Waals surface area (Å²) in [4.78, 5) is 49.6. The molecule has 1 heterocycles. The molecular formula is C20H22O7. The smallest absolute Gasteiger partial charge is 0.310 e. The van der Waals surface area contributed by atoms with Gasteiger partial charge in [0.05, 0.1) is 17.3 Å². The second kappa shape index (κ2) is 4.55. The van der Waals surface area contributed by atoms with E-state index in [1.165, 1.54) is 0 Å². The third-order valence-corrected chi connectivity index (χ3v) is 9.23. The van der Waals surface area contributed by atoms with E-state index in [4.69, 9.17) is 4.74 Å². The Morgan fingerprint density at radius 3 is 2.52 bits per heavy atom. The van der Waals surface area contributed by atoms with Crippen molar-refractivity contribution in [3.05, 3.63) is 0 Å². The largest absolute Gasteiger partial charge is 0.481 e. The minimum atomic E-state index is -0.964. The molecule has 7 fully saturated rings. The molecule has 0 aromatic heterocycles. The van der Waals surface area contributed by atoms with Gasteiger partial charge in [-0.05, 0) is 55.8 Å². The van der Waals surface area contributed by atoms with E-state index in [9.17, 15) is 29.4 Å². The number of hydrogen-bond acceptors (Lipinski definition) is 5. The number of fused-ring (bicyclic) bond motifs is 2. The molecule has 6 saturated carbocycles. The first-order valence-corrected chi connectivity index (χ1v) is 9.98. The summed E-state index contributed by atoms with van der Waals surface area (Å²) in [5.41, 5.74) is -1.42. The van der Waals surface area contributed by atoms with Crippen molar-refractivity contribution in [2.75, 3.05) is 0 Å². The van der Waals surface area contributed by atoms with Gasteiger partial charge in [-0.15, -0.1) is 0 Å².